The Hall–Kier alpha value is -1.60. The zero-order valence-electron chi connectivity index (χ0n) is 14.8. The summed E-state index contributed by atoms with van der Waals surface area (Å²) in [4.78, 5) is 18.1. The fourth-order valence-electron chi connectivity index (χ4n) is 2.17. The van der Waals surface area contributed by atoms with E-state index in [9.17, 15) is 4.79 Å². The molecule has 1 amide bonds. The van der Waals surface area contributed by atoms with Crippen LogP contribution in [-0.2, 0) is 16.1 Å². The van der Waals surface area contributed by atoms with Crippen LogP contribution in [0.2, 0.25) is 0 Å². The highest BCUT2D eigenvalue weighted by Gasteiger charge is 2.11. The maximum absolute atomic E-state index is 12.2. The Bertz CT molecular complexity index is 551. The molecule has 1 unspecified atom stereocenters. The molecule has 1 aromatic carbocycles. The number of carbonyl (C=O) groups is 1. The quantitative estimate of drug-likeness (QED) is 0.519. The number of hydrogen-bond acceptors (Lipinski definition) is 3. The Morgan fingerprint density at radius 2 is 2.12 bits per heavy atom. The molecule has 0 fully saturated rings. The number of methoxy groups -OCH3 is 1. The summed E-state index contributed by atoms with van der Waals surface area (Å²) in [5.74, 6) is 0.749. The van der Waals surface area contributed by atoms with Crippen molar-refractivity contribution >= 4 is 27.8 Å². The van der Waals surface area contributed by atoms with Crippen LogP contribution in [0.1, 0.15) is 18.9 Å². The standard InChI is InChI=1S/C17H27BrN4O2/c1-13(12-24-4)21-17(19-2)20-10-9-16(23)22(3)11-14-7-5-6-8-15(14)18/h5-8,13H,9-12H2,1-4H3,(H2,19,20,21). The summed E-state index contributed by atoms with van der Waals surface area (Å²) in [5, 5.41) is 6.35. The monoisotopic (exact) mass is 398 g/mol. The molecule has 2 N–H and O–H groups in total. The third kappa shape index (κ3) is 7.31. The number of aliphatic imine (C=N–C) groups is 1. The van der Waals surface area contributed by atoms with Crippen molar-refractivity contribution in [2.45, 2.75) is 25.9 Å². The number of rotatable bonds is 8. The van der Waals surface area contributed by atoms with Gasteiger partial charge in [-0.25, -0.2) is 0 Å². The Morgan fingerprint density at radius 3 is 2.75 bits per heavy atom. The van der Waals surface area contributed by atoms with Crippen LogP contribution in [0, 0.1) is 0 Å². The van der Waals surface area contributed by atoms with Crippen LogP contribution in [0.4, 0.5) is 0 Å². The number of nitrogens with zero attached hydrogens (tertiary/aromatic N) is 2. The number of amides is 1. The van der Waals surface area contributed by atoms with Gasteiger partial charge in [0.2, 0.25) is 5.91 Å². The predicted molar refractivity (Wildman–Crippen MR) is 101 cm³/mol. The van der Waals surface area contributed by atoms with Gasteiger partial charge in [-0.1, -0.05) is 34.1 Å². The second kappa shape index (κ2) is 11.0. The fraction of sp³-hybridized carbons (Fsp3) is 0.529. The molecule has 0 spiro atoms. The fourth-order valence-corrected chi connectivity index (χ4v) is 2.58. The molecule has 134 valence electrons. The van der Waals surface area contributed by atoms with E-state index in [1.54, 1.807) is 19.1 Å². The van der Waals surface area contributed by atoms with Crippen LogP contribution < -0.4 is 10.6 Å². The highest BCUT2D eigenvalue weighted by atomic mass is 79.9. The topological polar surface area (TPSA) is 66.0 Å². The zero-order valence-corrected chi connectivity index (χ0v) is 16.4. The van der Waals surface area contributed by atoms with Crippen molar-refractivity contribution in [1.82, 2.24) is 15.5 Å². The molecular weight excluding hydrogens is 372 g/mol. The first-order valence-electron chi connectivity index (χ1n) is 7.91. The molecule has 1 rings (SSSR count). The normalized spacial score (nSPS) is 12.6. The van der Waals surface area contributed by atoms with Gasteiger partial charge in [0.15, 0.2) is 5.96 Å². The summed E-state index contributed by atoms with van der Waals surface area (Å²) in [7, 11) is 5.18. The predicted octanol–water partition coefficient (Wildman–Crippen LogP) is 2.00. The molecule has 6 nitrogen and oxygen atoms in total. The number of carbonyl (C=O) groups excluding carboxylic acids is 1. The third-order valence-electron chi connectivity index (χ3n) is 3.45. The van der Waals surface area contributed by atoms with E-state index in [-0.39, 0.29) is 11.9 Å². The summed E-state index contributed by atoms with van der Waals surface area (Å²) in [5.41, 5.74) is 1.09. The van der Waals surface area contributed by atoms with Crippen molar-refractivity contribution in [3.8, 4) is 0 Å². The maximum Gasteiger partial charge on any atom is 0.224 e. The van der Waals surface area contributed by atoms with E-state index >= 15 is 0 Å². The Kier molecular flexibility index (Phi) is 9.41. The largest absolute Gasteiger partial charge is 0.383 e. The highest BCUT2D eigenvalue weighted by molar-refractivity contribution is 9.10. The first kappa shape index (κ1) is 20.4. The van der Waals surface area contributed by atoms with E-state index in [2.05, 4.69) is 31.6 Å². The molecule has 0 aromatic heterocycles. The third-order valence-corrected chi connectivity index (χ3v) is 4.22. The smallest absolute Gasteiger partial charge is 0.224 e. The second-order valence-corrected chi connectivity index (χ2v) is 6.45. The van der Waals surface area contributed by atoms with Gasteiger partial charge in [0.1, 0.15) is 0 Å². The van der Waals surface area contributed by atoms with E-state index in [0.717, 1.165) is 10.0 Å². The van der Waals surface area contributed by atoms with Crippen molar-refractivity contribution in [2.24, 2.45) is 4.99 Å². The summed E-state index contributed by atoms with van der Waals surface area (Å²) >= 11 is 3.51. The van der Waals surface area contributed by atoms with Crippen LogP contribution in [0.15, 0.2) is 33.7 Å². The lowest BCUT2D eigenvalue weighted by Crippen LogP contribution is -2.44. The summed E-state index contributed by atoms with van der Waals surface area (Å²) in [6.07, 6.45) is 0.403. The Morgan fingerprint density at radius 1 is 1.42 bits per heavy atom. The van der Waals surface area contributed by atoms with Crippen LogP contribution in [0.5, 0.6) is 0 Å². The average Bonchev–Trinajstić information content (AvgIpc) is 2.56. The summed E-state index contributed by atoms with van der Waals surface area (Å²) in [6, 6.07) is 8.07. The number of ether oxygens (including phenoxy) is 1. The van der Waals surface area contributed by atoms with E-state index < -0.39 is 0 Å². The maximum atomic E-state index is 12.2. The van der Waals surface area contributed by atoms with E-state index in [0.29, 0.717) is 32.1 Å². The van der Waals surface area contributed by atoms with Crippen LogP contribution in [-0.4, -0.2) is 57.2 Å². The minimum Gasteiger partial charge on any atom is -0.383 e. The number of nitrogens with one attached hydrogen (secondary N) is 2. The molecule has 0 aliphatic rings. The lowest BCUT2D eigenvalue weighted by atomic mass is 10.2. The van der Waals surface area contributed by atoms with Crippen molar-refractivity contribution < 1.29 is 9.53 Å². The zero-order chi connectivity index (χ0) is 17.9. The number of halogens is 1. The molecule has 0 saturated heterocycles. The SMILES string of the molecule is CN=C(NCCC(=O)N(C)Cc1ccccc1Br)NC(C)COC. The van der Waals surface area contributed by atoms with Gasteiger partial charge >= 0.3 is 0 Å². The van der Waals surface area contributed by atoms with Gasteiger partial charge in [-0.05, 0) is 18.6 Å². The van der Waals surface area contributed by atoms with Gasteiger partial charge in [-0.3, -0.25) is 9.79 Å². The Labute approximate surface area is 152 Å². The van der Waals surface area contributed by atoms with E-state index in [1.807, 2.05) is 38.2 Å². The van der Waals surface area contributed by atoms with E-state index in [1.165, 1.54) is 0 Å². The van der Waals surface area contributed by atoms with Crippen molar-refractivity contribution in [1.29, 1.82) is 0 Å². The molecule has 0 aliphatic heterocycles. The molecule has 0 bridgehead atoms. The van der Waals surface area contributed by atoms with Crippen molar-refractivity contribution in [3.05, 3.63) is 34.3 Å². The van der Waals surface area contributed by atoms with Crippen molar-refractivity contribution in [2.75, 3.05) is 34.4 Å². The molecule has 24 heavy (non-hydrogen) atoms. The van der Waals surface area contributed by atoms with Gasteiger partial charge < -0.3 is 20.3 Å². The van der Waals surface area contributed by atoms with Crippen LogP contribution >= 0.6 is 15.9 Å². The number of benzene rings is 1. The molecule has 0 aliphatic carbocycles. The Balaban J connectivity index is 2.38. The van der Waals surface area contributed by atoms with Gasteiger partial charge in [-0.2, -0.15) is 0 Å². The average molecular weight is 399 g/mol. The van der Waals surface area contributed by atoms with Gasteiger partial charge in [0.25, 0.3) is 0 Å². The minimum absolute atomic E-state index is 0.0821. The summed E-state index contributed by atoms with van der Waals surface area (Å²) in [6.45, 7) is 3.71. The first-order valence-corrected chi connectivity index (χ1v) is 8.70. The second-order valence-electron chi connectivity index (χ2n) is 5.59. The lowest BCUT2D eigenvalue weighted by molar-refractivity contribution is -0.130. The van der Waals surface area contributed by atoms with Gasteiger partial charge in [-0.15, -0.1) is 0 Å². The van der Waals surface area contributed by atoms with Crippen LogP contribution in [0.3, 0.4) is 0 Å². The molecule has 7 heteroatoms. The lowest BCUT2D eigenvalue weighted by Gasteiger charge is -2.20. The minimum atomic E-state index is 0.0821. The van der Waals surface area contributed by atoms with Crippen LogP contribution in [0.25, 0.3) is 0 Å². The molecule has 0 heterocycles. The number of guanidine groups is 1. The number of hydrogen-bond donors (Lipinski definition) is 2. The molecule has 1 atom stereocenters. The first-order chi connectivity index (χ1) is 11.5. The molecule has 0 saturated carbocycles. The summed E-state index contributed by atoms with van der Waals surface area (Å²) < 4.78 is 6.09. The molecule has 0 radical (unpaired) electrons. The van der Waals surface area contributed by atoms with Gasteiger partial charge in [0, 0.05) is 51.2 Å². The van der Waals surface area contributed by atoms with Gasteiger partial charge in [0.05, 0.1) is 6.61 Å². The van der Waals surface area contributed by atoms with Crippen molar-refractivity contribution in [3.63, 3.8) is 0 Å². The molecular formula is C17H27BrN4O2. The molecule has 1 aromatic rings. The highest BCUT2D eigenvalue weighted by Crippen LogP contribution is 2.17. The van der Waals surface area contributed by atoms with E-state index in [4.69, 9.17) is 4.74 Å².